The standard InChI is InChI=1S/C21H21N3O4/c1-2-16-13-28-21(23-16)18(12-14-8-10-17(11-9-14)24(26)27)19(20(22)25)15-6-4-3-5-7-15/h3-11,13,18-19H,2,12H2,1H3,(H2,22,25). The average Bonchev–Trinajstić information content (AvgIpc) is 3.17. The maximum Gasteiger partial charge on any atom is 0.269 e. The third-order valence-corrected chi connectivity index (χ3v) is 4.72. The van der Waals surface area contributed by atoms with Crippen LogP contribution in [0, 0.1) is 10.1 Å². The number of oxazole rings is 1. The van der Waals surface area contributed by atoms with E-state index in [1.54, 1.807) is 18.4 Å². The third-order valence-electron chi connectivity index (χ3n) is 4.72. The molecule has 0 bridgehead atoms. The molecule has 0 saturated heterocycles. The minimum Gasteiger partial charge on any atom is -0.448 e. The number of nitro benzene ring substituents is 1. The number of aryl methyl sites for hydroxylation is 1. The Morgan fingerprint density at radius 3 is 2.39 bits per heavy atom. The summed E-state index contributed by atoms with van der Waals surface area (Å²) in [6.45, 7) is 1.97. The molecule has 0 spiro atoms. The number of nitrogens with two attached hydrogens (primary N) is 1. The Morgan fingerprint density at radius 2 is 1.86 bits per heavy atom. The largest absolute Gasteiger partial charge is 0.448 e. The highest BCUT2D eigenvalue weighted by Gasteiger charge is 2.33. The van der Waals surface area contributed by atoms with Gasteiger partial charge in [-0.3, -0.25) is 14.9 Å². The van der Waals surface area contributed by atoms with Crippen LogP contribution in [0.15, 0.2) is 65.3 Å². The zero-order valence-corrected chi connectivity index (χ0v) is 15.4. The zero-order valence-electron chi connectivity index (χ0n) is 15.4. The maximum atomic E-state index is 12.4. The van der Waals surface area contributed by atoms with Gasteiger partial charge in [-0.25, -0.2) is 4.98 Å². The molecule has 28 heavy (non-hydrogen) atoms. The number of carbonyl (C=O) groups excluding carboxylic acids is 1. The van der Waals surface area contributed by atoms with E-state index in [1.807, 2.05) is 37.3 Å². The van der Waals surface area contributed by atoms with E-state index in [9.17, 15) is 14.9 Å². The first-order chi connectivity index (χ1) is 13.5. The first kappa shape index (κ1) is 19.3. The predicted molar refractivity (Wildman–Crippen MR) is 104 cm³/mol. The lowest BCUT2D eigenvalue weighted by Gasteiger charge is -2.23. The van der Waals surface area contributed by atoms with Crippen LogP contribution in [0.5, 0.6) is 0 Å². The number of benzene rings is 2. The van der Waals surface area contributed by atoms with Crippen LogP contribution in [0.1, 0.15) is 41.5 Å². The van der Waals surface area contributed by atoms with Gasteiger partial charge in [0, 0.05) is 12.1 Å². The molecule has 1 aromatic heterocycles. The van der Waals surface area contributed by atoms with Gasteiger partial charge in [-0.2, -0.15) is 0 Å². The second kappa shape index (κ2) is 8.47. The molecule has 0 radical (unpaired) electrons. The van der Waals surface area contributed by atoms with Crippen LogP contribution in [0.25, 0.3) is 0 Å². The molecule has 3 aromatic rings. The summed E-state index contributed by atoms with van der Waals surface area (Å²) in [6, 6.07) is 15.5. The van der Waals surface area contributed by atoms with Gasteiger partial charge in [-0.05, 0) is 24.0 Å². The van der Waals surface area contributed by atoms with Crippen molar-refractivity contribution in [3.8, 4) is 0 Å². The molecule has 0 aliphatic carbocycles. The van der Waals surface area contributed by atoms with Gasteiger partial charge in [0.05, 0.1) is 22.5 Å². The SMILES string of the molecule is CCc1coc(C(Cc2ccc([N+](=O)[O-])cc2)C(C(N)=O)c2ccccc2)n1. The highest BCUT2D eigenvalue weighted by molar-refractivity contribution is 5.83. The molecule has 0 aliphatic rings. The van der Waals surface area contributed by atoms with Crippen molar-refractivity contribution in [3.63, 3.8) is 0 Å². The smallest absolute Gasteiger partial charge is 0.269 e. The molecule has 2 N–H and O–H groups in total. The molecule has 7 heteroatoms. The number of carbonyl (C=O) groups is 1. The molecule has 3 rings (SSSR count). The fraction of sp³-hybridized carbons (Fsp3) is 0.238. The van der Waals surface area contributed by atoms with Crippen LogP contribution < -0.4 is 5.73 Å². The molecule has 2 unspecified atom stereocenters. The summed E-state index contributed by atoms with van der Waals surface area (Å²) in [5, 5.41) is 10.9. The zero-order chi connectivity index (χ0) is 20.1. The van der Waals surface area contributed by atoms with Crippen LogP contribution >= 0.6 is 0 Å². The van der Waals surface area contributed by atoms with Gasteiger partial charge in [0.25, 0.3) is 5.69 Å². The maximum absolute atomic E-state index is 12.4. The lowest BCUT2D eigenvalue weighted by atomic mass is 9.81. The van der Waals surface area contributed by atoms with Crippen LogP contribution in [0.4, 0.5) is 5.69 Å². The van der Waals surface area contributed by atoms with Gasteiger partial charge in [0.1, 0.15) is 6.26 Å². The van der Waals surface area contributed by atoms with Crippen LogP contribution in [-0.4, -0.2) is 15.8 Å². The second-order valence-electron chi connectivity index (χ2n) is 6.56. The number of amides is 1. The number of nitro groups is 1. The van der Waals surface area contributed by atoms with E-state index in [0.717, 1.165) is 16.8 Å². The second-order valence-corrected chi connectivity index (χ2v) is 6.56. The lowest BCUT2D eigenvalue weighted by Crippen LogP contribution is -2.28. The summed E-state index contributed by atoms with van der Waals surface area (Å²) in [5.41, 5.74) is 8.17. The van der Waals surface area contributed by atoms with Gasteiger partial charge in [0.2, 0.25) is 5.91 Å². The summed E-state index contributed by atoms with van der Waals surface area (Å²) in [5.74, 6) is -1.11. The van der Waals surface area contributed by atoms with Gasteiger partial charge >= 0.3 is 0 Å². The molecule has 2 atom stereocenters. The number of aromatic nitrogens is 1. The van der Waals surface area contributed by atoms with E-state index in [-0.39, 0.29) is 5.69 Å². The Hall–Kier alpha value is -3.48. The minimum absolute atomic E-state index is 0.0132. The summed E-state index contributed by atoms with van der Waals surface area (Å²) >= 11 is 0. The first-order valence-corrected chi connectivity index (χ1v) is 9.01. The molecule has 0 saturated carbocycles. The molecule has 1 heterocycles. The molecule has 2 aromatic carbocycles. The summed E-state index contributed by atoms with van der Waals surface area (Å²) in [7, 11) is 0. The van der Waals surface area contributed by atoms with Crippen molar-refractivity contribution in [1.29, 1.82) is 0 Å². The Kier molecular flexibility index (Phi) is 5.84. The number of hydrogen-bond acceptors (Lipinski definition) is 5. The van der Waals surface area contributed by atoms with E-state index < -0.39 is 22.7 Å². The van der Waals surface area contributed by atoms with Crippen molar-refractivity contribution in [1.82, 2.24) is 4.98 Å². The van der Waals surface area contributed by atoms with Crippen molar-refractivity contribution in [2.24, 2.45) is 5.73 Å². The Balaban J connectivity index is 2.01. The fourth-order valence-corrected chi connectivity index (χ4v) is 3.27. The quantitative estimate of drug-likeness (QED) is 0.473. The lowest BCUT2D eigenvalue weighted by molar-refractivity contribution is -0.384. The molecule has 144 valence electrons. The number of rotatable bonds is 8. The minimum atomic E-state index is -0.639. The van der Waals surface area contributed by atoms with Gasteiger partial charge < -0.3 is 10.2 Å². The highest BCUT2D eigenvalue weighted by Crippen LogP contribution is 2.35. The van der Waals surface area contributed by atoms with E-state index >= 15 is 0 Å². The number of nitrogens with zero attached hydrogens (tertiary/aromatic N) is 2. The fourth-order valence-electron chi connectivity index (χ4n) is 3.27. The summed E-state index contributed by atoms with van der Waals surface area (Å²) in [4.78, 5) is 27.4. The molecule has 1 amide bonds. The van der Waals surface area contributed by atoms with Crippen molar-refractivity contribution >= 4 is 11.6 Å². The van der Waals surface area contributed by atoms with Crippen LogP contribution in [-0.2, 0) is 17.6 Å². The van der Waals surface area contributed by atoms with Crippen LogP contribution in [0.2, 0.25) is 0 Å². The van der Waals surface area contributed by atoms with E-state index in [0.29, 0.717) is 18.7 Å². The van der Waals surface area contributed by atoms with Gasteiger partial charge in [-0.15, -0.1) is 0 Å². The average molecular weight is 379 g/mol. The van der Waals surface area contributed by atoms with E-state index in [1.165, 1.54) is 12.1 Å². The summed E-state index contributed by atoms with van der Waals surface area (Å²) < 4.78 is 5.68. The van der Waals surface area contributed by atoms with Crippen molar-refractivity contribution < 1.29 is 14.1 Å². The van der Waals surface area contributed by atoms with Gasteiger partial charge in [0.15, 0.2) is 5.89 Å². The first-order valence-electron chi connectivity index (χ1n) is 9.01. The van der Waals surface area contributed by atoms with E-state index in [4.69, 9.17) is 10.2 Å². The highest BCUT2D eigenvalue weighted by atomic mass is 16.6. The number of primary amides is 1. The summed E-state index contributed by atoms with van der Waals surface area (Å²) in [6.07, 6.45) is 2.70. The topological polar surface area (TPSA) is 112 Å². The van der Waals surface area contributed by atoms with Crippen molar-refractivity contribution in [3.05, 3.63) is 93.7 Å². The molecule has 0 fully saturated rings. The monoisotopic (exact) mass is 379 g/mol. The Bertz CT molecular complexity index is 951. The predicted octanol–water partition coefficient (Wildman–Crippen LogP) is 3.74. The normalized spacial score (nSPS) is 13.0. The Morgan fingerprint density at radius 1 is 1.18 bits per heavy atom. The van der Waals surface area contributed by atoms with E-state index in [2.05, 4.69) is 4.98 Å². The molecular weight excluding hydrogens is 358 g/mol. The third kappa shape index (κ3) is 4.25. The number of non-ortho nitro benzene ring substituents is 1. The van der Waals surface area contributed by atoms with Crippen molar-refractivity contribution in [2.45, 2.75) is 31.6 Å². The number of hydrogen-bond donors (Lipinski definition) is 1. The Labute approximate surface area is 162 Å². The molecule has 0 aliphatic heterocycles. The molecular formula is C21H21N3O4. The van der Waals surface area contributed by atoms with Gasteiger partial charge in [-0.1, -0.05) is 49.4 Å². The molecule has 7 nitrogen and oxygen atoms in total. The van der Waals surface area contributed by atoms with Crippen LogP contribution in [0.3, 0.4) is 0 Å². The van der Waals surface area contributed by atoms with Crippen molar-refractivity contribution in [2.75, 3.05) is 0 Å².